The second-order valence-electron chi connectivity index (χ2n) is 5.01. The summed E-state index contributed by atoms with van der Waals surface area (Å²) in [6.45, 7) is 2.44. The number of hydrogen-bond donors (Lipinski definition) is 1. The van der Waals surface area contributed by atoms with Crippen LogP contribution in [-0.4, -0.2) is 28.4 Å². The molecule has 1 aromatic carbocycles. The predicted octanol–water partition coefficient (Wildman–Crippen LogP) is 2.39. The SMILES string of the molecule is CC(=O)N1CCCC1c1ccc(CCC(=O)O)cc1. The Hall–Kier alpha value is -1.84. The van der Waals surface area contributed by atoms with Crippen LogP contribution >= 0.6 is 0 Å². The molecule has 1 heterocycles. The van der Waals surface area contributed by atoms with E-state index >= 15 is 0 Å². The Balaban J connectivity index is 2.05. The molecule has 1 unspecified atom stereocenters. The van der Waals surface area contributed by atoms with Crippen molar-refractivity contribution in [2.24, 2.45) is 0 Å². The highest BCUT2D eigenvalue weighted by atomic mass is 16.4. The number of rotatable bonds is 4. The molecule has 0 aliphatic carbocycles. The summed E-state index contributed by atoms with van der Waals surface area (Å²) < 4.78 is 0. The maximum Gasteiger partial charge on any atom is 0.303 e. The molecule has 0 aromatic heterocycles. The predicted molar refractivity (Wildman–Crippen MR) is 71.8 cm³/mol. The Morgan fingerprint density at radius 3 is 2.58 bits per heavy atom. The van der Waals surface area contributed by atoms with Crippen molar-refractivity contribution in [3.8, 4) is 0 Å². The minimum absolute atomic E-state index is 0.123. The first-order chi connectivity index (χ1) is 9.08. The van der Waals surface area contributed by atoms with Gasteiger partial charge in [0.25, 0.3) is 0 Å². The molecule has 0 bridgehead atoms. The van der Waals surface area contributed by atoms with E-state index in [1.165, 1.54) is 0 Å². The van der Waals surface area contributed by atoms with Crippen molar-refractivity contribution in [1.82, 2.24) is 4.90 Å². The van der Waals surface area contributed by atoms with Gasteiger partial charge in [-0.25, -0.2) is 0 Å². The van der Waals surface area contributed by atoms with Crippen LogP contribution in [0.2, 0.25) is 0 Å². The summed E-state index contributed by atoms with van der Waals surface area (Å²) in [5, 5.41) is 8.65. The quantitative estimate of drug-likeness (QED) is 0.905. The van der Waals surface area contributed by atoms with Gasteiger partial charge in [-0.2, -0.15) is 0 Å². The molecule has 1 fully saturated rings. The molecule has 1 saturated heterocycles. The molecule has 19 heavy (non-hydrogen) atoms. The minimum atomic E-state index is -0.775. The van der Waals surface area contributed by atoms with E-state index < -0.39 is 5.97 Å². The number of benzene rings is 1. The number of likely N-dealkylation sites (tertiary alicyclic amines) is 1. The lowest BCUT2D eigenvalue weighted by atomic mass is 10.0. The normalized spacial score (nSPS) is 18.6. The molecule has 1 amide bonds. The highest BCUT2D eigenvalue weighted by Gasteiger charge is 2.27. The van der Waals surface area contributed by atoms with Gasteiger partial charge in [0.05, 0.1) is 6.04 Å². The minimum Gasteiger partial charge on any atom is -0.481 e. The standard InChI is InChI=1S/C15H19NO3/c1-11(17)16-10-2-3-14(16)13-7-4-12(5-8-13)6-9-15(18)19/h4-5,7-8,14H,2-3,6,9-10H2,1H3,(H,18,19). The van der Waals surface area contributed by atoms with Gasteiger partial charge in [-0.15, -0.1) is 0 Å². The average molecular weight is 261 g/mol. The van der Waals surface area contributed by atoms with Crippen LogP contribution in [0.15, 0.2) is 24.3 Å². The summed E-state index contributed by atoms with van der Waals surface area (Å²) in [6.07, 6.45) is 2.76. The van der Waals surface area contributed by atoms with Gasteiger partial charge in [0, 0.05) is 19.9 Å². The Kier molecular flexibility index (Phi) is 4.20. The molecule has 1 N–H and O–H groups in total. The van der Waals surface area contributed by atoms with E-state index in [9.17, 15) is 9.59 Å². The summed E-state index contributed by atoms with van der Waals surface area (Å²) in [4.78, 5) is 24.0. The number of carbonyl (C=O) groups is 2. The third-order valence-electron chi connectivity index (χ3n) is 3.65. The van der Waals surface area contributed by atoms with Gasteiger partial charge >= 0.3 is 5.97 Å². The van der Waals surface area contributed by atoms with Crippen LogP contribution in [0.1, 0.15) is 43.4 Å². The zero-order valence-corrected chi connectivity index (χ0v) is 11.1. The molecular formula is C15H19NO3. The second kappa shape index (κ2) is 5.87. The lowest BCUT2D eigenvalue weighted by Crippen LogP contribution is -2.27. The van der Waals surface area contributed by atoms with Gasteiger partial charge in [-0.3, -0.25) is 9.59 Å². The fourth-order valence-electron chi connectivity index (χ4n) is 2.65. The Morgan fingerprint density at radius 2 is 2.00 bits per heavy atom. The van der Waals surface area contributed by atoms with E-state index in [4.69, 9.17) is 5.11 Å². The third kappa shape index (κ3) is 3.34. The Bertz CT molecular complexity index is 467. The van der Waals surface area contributed by atoms with Crippen molar-refractivity contribution < 1.29 is 14.7 Å². The highest BCUT2D eigenvalue weighted by Crippen LogP contribution is 2.31. The maximum atomic E-state index is 11.5. The third-order valence-corrected chi connectivity index (χ3v) is 3.65. The summed E-state index contributed by atoms with van der Waals surface area (Å²) in [5.74, 6) is -0.653. The first-order valence-corrected chi connectivity index (χ1v) is 6.66. The second-order valence-corrected chi connectivity index (χ2v) is 5.01. The van der Waals surface area contributed by atoms with Crippen molar-refractivity contribution in [3.05, 3.63) is 35.4 Å². The van der Waals surface area contributed by atoms with Gasteiger partial charge in [-0.1, -0.05) is 24.3 Å². The smallest absolute Gasteiger partial charge is 0.303 e. The summed E-state index contributed by atoms with van der Waals surface area (Å²) in [5.41, 5.74) is 2.17. The van der Waals surface area contributed by atoms with E-state index in [2.05, 4.69) is 0 Å². The molecule has 0 saturated carbocycles. The van der Waals surface area contributed by atoms with Gasteiger partial charge in [0.2, 0.25) is 5.91 Å². The molecule has 1 aromatic rings. The molecule has 4 nitrogen and oxygen atoms in total. The van der Waals surface area contributed by atoms with Crippen molar-refractivity contribution in [1.29, 1.82) is 0 Å². The lowest BCUT2D eigenvalue weighted by Gasteiger charge is -2.23. The van der Waals surface area contributed by atoms with Crippen LogP contribution in [0.4, 0.5) is 0 Å². The summed E-state index contributed by atoms with van der Waals surface area (Å²) in [6, 6.07) is 8.15. The van der Waals surface area contributed by atoms with E-state index in [1.54, 1.807) is 6.92 Å². The van der Waals surface area contributed by atoms with Gasteiger partial charge in [0.1, 0.15) is 0 Å². The zero-order valence-electron chi connectivity index (χ0n) is 11.1. The van der Waals surface area contributed by atoms with Crippen LogP contribution in [0.5, 0.6) is 0 Å². The monoisotopic (exact) mass is 261 g/mol. The van der Waals surface area contributed by atoms with Gasteiger partial charge < -0.3 is 10.0 Å². The molecule has 1 atom stereocenters. The van der Waals surface area contributed by atoms with Crippen molar-refractivity contribution in [2.45, 2.75) is 38.6 Å². The van der Waals surface area contributed by atoms with Crippen molar-refractivity contribution in [3.63, 3.8) is 0 Å². The molecule has 1 aliphatic heterocycles. The highest BCUT2D eigenvalue weighted by molar-refractivity contribution is 5.74. The molecule has 4 heteroatoms. The molecule has 0 radical (unpaired) electrons. The number of amides is 1. The largest absolute Gasteiger partial charge is 0.481 e. The Morgan fingerprint density at radius 1 is 1.32 bits per heavy atom. The number of aryl methyl sites for hydroxylation is 1. The van der Waals surface area contributed by atoms with E-state index in [1.807, 2.05) is 29.2 Å². The van der Waals surface area contributed by atoms with Crippen LogP contribution in [0, 0.1) is 0 Å². The average Bonchev–Trinajstić information content (AvgIpc) is 2.86. The van der Waals surface area contributed by atoms with E-state index in [-0.39, 0.29) is 18.4 Å². The molecule has 1 aliphatic rings. The topological polar surface area (TPSA) is 57.6 Å². The van der Waals surface area contributed by atoms with Gasteiger partial charge in [-0.05, 0) is 30.4 Å². The number of carboxylic acid groups (broad SMARTS) is 1. The van der Waals surface area contributed by atoms with Crippen molar-refractivity contribution in [2.75, 3.05) is 6.54 Å². The van der Waals surface area contributed by atoms with Gasteiger partial charge in [0.15, 0.2) is 0 Å². The van der Waals surface area contributed by atoms with E-state index in [0.29, 0.717) is 6.42 Å². The first kappa shape index (κ1) is 13.6. The number of aliphatic carboxylic acids is 1. The molecule has 0 spiro atoms. The van der Waals surface area contributed by atoms with Crippen LogP contribution in [0.3, 0.4) is 0 Å². The fraction of sp³-hybridized carbons (Fsp3) is 0.467. The number of carbonyl (C=O) groups excluding carboxylic acids is 1. The van der Waals surface area contributed by atoms with Crippen LogP contribution < -0.4 is 0 Å². The molecule has 102 valence electrons. The molecular weight excluding hydrogens is 242 g/mol. The molecule has 2 rings (SSSR count). The Labute approximate surface area is 113 Å². The first-order valence-electron chi connectivity index (χ1n) is 6.66. The van der Waals surface area contributed by atoms with Crippen LogP contribution in [-0.2, 0) is 16.0 Å². The zero-order chi connectivity index (χ0) is 13.8. The maximum absolute atomic E-state index is 11.5. The summed E-state index contributed by atoms with van der Waals surface area (Å²) in [7, 11) is 0. The van der Waals surface area contributed by atoms with E-state index in [0.717, 1.165) is 30.5 Å². The number of nitrogens with zero attached hydrogens (tertiary/aromatic N) is 1. The summed E-state index contributed by atoms with van der Waals surface area (Å²) >= 11 is 0. The lowest BCUT2D eigenvalue weighted by molar-refractivity contribution is -0.137. The van der Waals surface area contributed by atoms with Crippen LogP contribution in [0.25, 0.3) is 0 Å². The fourth-order valence-corrected chi connectivity index (χ4v) is 2.65. The van der Waals surface area contributed by atoms with Crippen molar-refractivity contribution >= 4 is 11.9 Å². The number of carboxylic acids is 1. The number of hydrogen-bond acceptors (Lipinski definition) is 2.